The van der Waals surface area contributed by atoms with Crippen molar-refractivity contribution in [3.05, 3.63) is 28.8 Å². The van der Waals surface area contributed by atoms with Gasteiger partial charge in [-0.05, 0) is 37.6 Å². The number of phenols is 1. The molecule has 0 radical (unpaired) electrons. The maximum absolute atomic E-state index is 9.55. The van der Waals surface area contributed by atoms with Crippen LogP contribution in [0.1, 0.15) is 24.8 Å². The Kier molecular flexibility index (Phi) is 5.77. The average Bonchev–Trinajstić information content (AvgIpc) is 2.28. The smallest absolute Gasteiger partial charge is 0.120 e. The second-order valence-corrected chi connectivity index (χ2v) is 4.05. The van der Waals surface area contributed by atoms with Crippen molar-refractivity contribution < 1.29 is 5.11 Å². The first kappa shape index (κ1) is 12.9. The van der Waals surface area contributed by atoms with Crippen molar-refractivity contribution in [2.45, 2.75) is 25.8 Å². The zero-order chi connectivity index (χ0) is 11.8. The van der Waals surface area contributed by atoms with Gasteiger partial charge in [-0.2, -0.15) is 0 Å². The summed E-state index contributed by atoms with van der Waals surface area (Å²) in [5.41, 5.74) is 0.824. The van der Waals surface area contributed by atoms with Crippen LogP contribution in [0.2, 0.25) is 5.02 Å². The van der Waals surface area contributed by atoms with Gasteiger partial charge >= 0.3 is 0 Å². The molecule has 0 bridgehead atoms. The number of phenolic OH excluding ortho intramolecular Hbond substituents is 1. The molecule has 0 spiro atoms. The lowest BCUT2D eigenvalue weighted by Gasteiger charge is -2.06. The molecule has 16 heavy (non-hydrogen) atoms. The zero-order valence-electron chi connectivity index (χ0n) is 9.17. The maximum atomic E-state index is 9.55. The van der Waals surface area contributed by atoms with Crippen molar-refractivity contribution in [3.63, 3.8) is 0 Å². The van der Waals surface area contributed by atoms with Gasteiger partial charge in [-0.25, -0.2) is 0 Å². The zero-order valence-corrected chi connectivity index (χ0v) is 9.93. The van der Waals surface area contributed by atoms with Crippen molar-refractivity contribution in [2.75, 3.05) is 6.54 Å². The minimum absolute atomic E-state index is 0.278. The Bertz CT molecular complexity index is 371. The molecule has 0 aliphatic carbocycles. The van der Waals surface area contributed by atoms with Gasteiger partial charge in [0.1, 0.15) is 5.75 Å². The Hall–Kier alpha value is -1.17. The van der Waals surface area contributed by atoms with E-state index in [1.807, 2.05) is 0 Å². The van der Waals surface area contributed by atoms with E-state index in [-0.39, 0.29) is 5.75 Å². The minimum Gasteiger partial charge on any atom is -0.508 e. The van der Waals surface area contributed by atoms with Gasteiger partial charge in [0.25, 0.3) is 0 Å². The highest BCUT2D eigenvalue weighted by Crippen LogP contribution is 2.20. The molecule has 3 heteroatoms. The number of terminal acetylenes is 1. The van der Waals surface area contributed by atoms with E-state index in [4.69, 9.17) is 18.0 Å². The minimum atomic E-state index is 0.278. The topological polar surface area (TPSA) is 32.3 Å². The number of hydrogen-bond donors (Lipinski definition) is 2. The van der Waals surface area contributed by atoms with Crippen LogP contribution in [0.3, 0.4) is 0 Å². The van der Waals surface area contributed by atoms with E-state index < -0.39 is 0 Å². The van der Waals surface area contributed by atoms with Gasteiger partial charge in [0, 0.05) is 23.6 Å². The van der Waals surface area contributed by atoms with Crippen molar-refractivity contribution in [2.24, 2.45) is 0 Å². The number of unbranched alkanes of at least 4 members (excludes halogenated alkanes) is 2. The SMILES string of the molecule is C#CCCCCNCc1cc(Cl)ccc1O. The summed E-state index contributed by atoms with van der Waals surface area (Å²) in [5.74, 6) is 2.89. The molecule has 2 nitrogen and oxygen atoms in total. The third-order valence-electron chi connectivity index (χ3n) is 2.28. The molecule has 0 unspecified atom stereocenters. The lowest BCUT2D eigenvalue weighted by atomic mass is 10.2. The van der Waals surface area contributed by atoms with Gasteiger partial charge < -0.3 is 10.4 Å². The molecule has 0 fully saturated rings. The van der Waals surface area contributed by atoms with Gasteiger partial charge in [-0.1, -0.05) is 11.6 Å². The molecule has 2 N–H and O–H groups in total. The fourth-order valence-corrected chi connectivity index (χ4v) is 1.59. The third kappa shape index (κ3) is 4.57. The molecule has 0 aromatic heterocycles. The molecule has 0 saturated heterocycles. The highest BCUT2D eigenvalue weighted by atomic mass is 35.5. The van der Waals surface area contributed by atoms with Crippen molar-refractivity contribution in [1.29, 1.82) is 0 Å². The molecule has 0 aliphatic heterocycles. The lowest BCUT2D eigenvalue weighted by Crippen LogP contribution is -2.14. The first-order chi connectivity index (χ1) is 7.74. The molecular formula is C13H16ClNO. The molecule has 86 valence electrons. The highest BCUT2D eigenvalue weighted by Gasteiger charge is 2.00. The monoisotopic (exact) mass is 237 g/mol. The van der Waals surface area contributed by atoms with Crippen LogP contribution in [0.4, 0.5) is 0 Å². The van der Waals surface area contributed by atoms with Gasteiger partial charge in [-0.3, -0.25) is 0 Å². The van der Waals surface area contributed by atoms with Crippen LogP contribution in [0, 0.1) is 12.3 Å². The van der Waals surface area contributed by atoms with Gasteiger partial charge in [0.15, 0.2) is 0 Å². The van der Waals surface area contributed by atoms with E-state index in [1.54, 1.807) is 18.2 Å². The molecule has 1 aromatic carbocycles. The highest BCUT2D eigenvalue weighted by molar-refractivity contribution is 6.30. The van der Waals surface area contributed by atoms with Crippen LogP contribution >= 0.6 is 11.6 Å². The van der Waals surface area contributed by atoms with E-state index in [0.717, 1.165) is 31.4 Å². The van der Waals surface area contributed by atoms with Gasteiger partial charge in [-0.15, -0.1) is 12.3 Å². The summed E-state index contributed by atoms with van der Waals surface area (Å²) in [6, 6.07) is 5.05. The molecule has 0 saturated carbocycles. The third-order valence-corrected chi connectivity index (χ3v) is 2.52. The fourth-order valence-electron chi connectivity index (χ4n) is 1.40. The normalized spacial score (nSPS) is 10.0. The summed E-state index contributed by atoms with van der Waals surface area (Å²) in [6.45, 7) is 1.52. The maximum Gasteiger partial charge on any atom is 0.120 e. The largest absolute Gasteiger partial charge is 0.508 e. The molecule has 0 atom stereocenters. The second-order valence-electron chi connectivity index (χ2n) is 3.61. The summed E-state index contributed by atoms with van der Waals surface area (Å²) < 4.78 is 0. The summed E-state index contributed by atoms with van der Waals surface area (Å²) in [6.07, 6.45) is 8.06. The summed E-state index contributed by atoms with van der Waals surface area (Å²) in [7, 11) is 0. The fraction of sp³-hybridized carbons (Fsp3) is 0.385. The first-order valence-electron chi connectivity index (χ1n) is 5.35. The number of aromatic hydroxyl groups is 1. The Morgan fingerprint density at radius 3 is 2.94 bits per heavy atom. The summed E-state index contributed by atoms with van der Waals surface area (Å²) in [5, 5.41) is 13.4. The second kappa shape index (κ2) is 7.16. The number of nitrogens with one attached hydrogen (secondary N) is 1. The van der Waals surface area contributed by atoms with E-state index in [1.165, 1.54) is 0 Å². The van der Waals surface area contributed by atoms with E-state index >= 15 is 0 Å². The predicted octanol–water partition coefficient (Wildman–Crippen LogP) is 2.94. The molecule has 1 aromatic rings. The molecule has 0 heterocycles. The Morgan fingerprint density at radius 1 is 1.38 bits per heavy atom. The average molecular weight is 238 g/mol. The van der Waals surface area contributed by atoms with Crippen LogP contribution in [0.15, 0.2) is 18.2 Å². The van der Waals surface area contributed by atoms with Crippen molar-refractivity contribution in [1.82, 2.24) is 5.32 Å². The number of benzene rings is 1. The number of hydrogen-bond acceptors (Lipinski definition) is 2. The van der Waals surface area contributed by atoms with Crippen LogP contribution in [0.5, 0.6) is 5.75 Å². The van der Waals surface area contributed by atoms with Gasteiger partial charge in [0.2, 0.25) is 0 Å². The van der Waals surface area contributed by atoms with E-state index in [0.29, 0.717) is 11.6 Å². The predicted molar refractivity (Wildman–Crippen MR) is 67.5 cm³/mol. The first-order valence-corrected chi connectivity index (χ1v) is 5.73. The lowest BCUT2D eigenvalue weighted by molar-refractivity contribution is 0.464. The molecule has 1 rings (SSSR count). The van der Waals surface area contributed by atoms with Crippen molar-refractivity contribution >= 4 is 11.6 Å². The Labute approximate surface area is 102 Å². The number of rotatable bonds is 6. The van der Waals surface area contributed by atoms with Gasteiger partial charge in [0.05, 0.1) is 0 Å². The number of halogens is 1. The standard InChI is InChI=1S/C13H16ClNO/c1-2-3-4-5-8-15-10-11-9-12(14)6-7-13(11)16/h1,6-7,9,15-16H,3-5,8,10H2. The Morgan fingerprint density at radius 2 is 2.19 bits per heavy atom. The van der Waals surface area contributed by atoms with Crippen LogP contribution < -0.4 is 5.32 Å². The molecule has 0 aliphatic rings. The summed E-state index contributed by atoms with van der Waals surface area (Å²) >= 11 is 5.84. The molecular weight excluding hydrogens is 222 g/mol. The summed E-state index contributed by atoms with van der Waals surface area (Å²) in [4.78, 5) is 0. The van der Waals surface area contributed by atoms with Crippen LogP contribution in [-0.4, -0.2) is 11.7 Å². The Balaban J connectivity index is 2.27. The van der Waals surface area contributed by atoms with E-state index in [2.05, 4.69) is 11.2 Å². The van der Waals surface area contributed by atoms with E-state index in [9.17, 15) is 5.11 Å². The quantitative estimate of drug-likeness (QED) is 0.589. The molecule has 0 amide bonds. The van der Waals surface area contributed by atoms with Crippen molar-refractivity contribution in [3.8, 4) is 18.1 Å². The van der Waals surface area contributed by atoms with Crippen LogP contribution in [-0.2, 0) is 6.54 Å². The van der Waals surface area contributed by atoms with Crippen LogP contribution in [0.25, 0.3) is 0 Å².